The highest BCUT2D eigenvalue weighted by Gasteiger charge is 2.12. The fraction of sp³-hybridized carbons (Fsp3) is 0.333. The Balaban J connectivity index is 2.17. The van der Waals surface area contributed by atoms with Gasteiger partial charge in [0.15, 0.2) is 0 Å². The van der Waals surface area contributed by atoms with Gasteiger partial charge < -0.3 is 15.0 Å². The number of pyridine rings is 1. The summed E-state index contributed by atoms with van der Waals surface area (Å²) in [5.74, 6) is 0.297. The van der Waals surface area contributed by atoms with Crippen molar-refractivity contribution in [1.29, 1.82) is 0 Å². The molecular weight excluding hydrogens is 326 g/mol. The van der Waals surface area contributed by atoms with E-state index in [2.05, 4.69) is 22.1 Å². The second kappa shape index (κ2) is 8.55. The van der Waals surface area contributed by atoms with E-state index in [0.29, 0.717) is 22.0 Å². The number of benzene rings is 1. The number of hydrogen-bond acceptors (Lipinski definition) is 4. The summed E-state index contributed by atoms with van der Waals surface area (Å²) in [6, 6.07) is 6.91. The Kier molecular flexibility index (Phi) is 6.44. The average molecular weight is 348 g/mol. The fourth-order valence-electron chi connectivity index (χ4n) is 2.26. The summed E-state index contributed by atoms with van der Waals surface area (Å²) >= 11 is 5.99. The van der Waals surface area contributed by atoms with Crippen LogP contribution >= 0.6 is 11.6 Å². The first-order valence-corrected chi connectivity index (χ1v) is 8.24. The second-order valence-corrected chi connectivity index (χ2v) is 5.94. The zero-order valence-electron chi connectivity index (χ0n) is 14.2. The summed E-state index contributed by atoms with van der Waals surface area (Å²) in [7, 11) is 3.54. The van der Waals surface area contributed by atoms with E-state index in [4.69, 9.17) is 16.3 Å². The molecule has 2 aromatic rings. The molecule has 0 atom stereocenters. The molecule has 0 saturated heterocycles. The minimum Gasteiger partial charge on any atom is -0.495 e. The Morgan fingerprint density at radius 2 is 2.12 bits per heavy atom. The zero-order valence-corrected chi connectivity index (χ0v) is 14.9. The largest absolute Gasteiger partial charge is 0.495 e. The Morgan fingerprint density at radius 3 is 2.83 bits per heavy atom. The highest BCUT2D eigenvalue weighted by atomic mass is 35.5. The zero-order chi connectivity index (χ0) is 17.5. The summed E-state index contributed by atoms with van der Waals surface area (Å²) < 4.78 is 5.25. The Bertz CT molecular complexity index is 706. The molecule has 1 amide bonds. The Morgan fingerprint density at radius 1 is 1.33 bits per heavy atom. The van der Waals surface area contributed by atoms with E-state index in [1.165, 1.54) is 0 Å². The lowest BCUT2D eigenvalue weighted by Crippen LogP contribution is -2.20. The van der Waals surface area contributed by atoms with Crippen LogP contribution in [0.15, 0.2) is 36.7 Å². The van der Waals surface area contributed by atoms with Crippen LogP contribution in [0.3, 0.4) is 0 Å². The highest BCUT2D eigenvalue weighted by Crippen LogP contribution is 2.28. The average Bonchev–Trinajstić information content (AvgIpc) is 2.60. The number of nitrogens with one attached hydrogen (secondary N) is 1. The van der Waals surface area contributed by atoms with E-state index in [1.807, 2.05) is 13.1 Å². The van der Waals surface area contributed by atoms with Gasteiger partial charge in [-0.15, -0.1) is 0 Å². The normalized spacial score (nSPS) is 10.3. The Hall–Kier alpha value is -2.27. The van der Waals surface area contributed by atoms with Crippen LogP contribution in [0.4, 0.5) is 11.4 Å². The van der Waals surface area contributed by atoms with Gasteiger partial charge in [-0.2, -0.15) is 0 Å². The summed E-state index contributed by atoms with van der Waals surface area (Å²) in [6.45, 7) is 3.07. The third kappa shape index (κ3) is 4.61. The van der Waals surface area contributed by atoms with Crippen molar-refractivity contribution in [3.05, 3.63) is 47.2 Å². The molecule has 0 unspecified atom stereocenters. The third-order valence-electron chi connectivity index (χ3n) is 3.68. The van der Waals surface area contributed by atoms with Gasteiger partial charge in [0.05, 0.1) is 30.2 Å². The smallest absolute Gasteiger partial charge is 0.257 e. The van der Waals surface area contributed by atoms with Gasteiger partial charge in [0.2, 0.25) is 0 Å². The number of carbonyl (C=O) groups is 1. The molecule has 1 N–H and O–H groups in total. The number of anilines is 2. The number of amides is 1. The maximum absolute atomic E-state index is 12.5. The molecular formula is C18H22ClN3O2. The van der Waals surface area contributed by atoms with Crippen LogP contribution in [0.1, 0.15) is 30.1 Å². The van der Waals surface area contributed by atoms with Crippen molar-refractivity contribution < 1.29 is 9.53 Å². The number of aromatic nitrogens is 1. The summed E-state index contributed by atoms with van der Waals surface area (Å²) in [6.07, 6.45) is 5.51. The van der Waals surface area contributed by atoms with Crippen LogP contribution < -0.4 is 15.0 Å². The molecule has 0 saturated carbocycles. The van der Waals surface area contributed by atoms with Crippen molar-refractivity contribution in [2.24, 2.45) is 0 Å². The van der Waals surface area contributed by atoms with Crippen LogP contribution in [0.2, 0.25) is 5.02 Å². The molecule has 1 aromatic carbocycles. The number of methoxy groups -OCH3 is 1. The molecule has 0 radical (unpaired) electrons. The maximum atomic E-state index is 12.5. The van der Waals surface area contributed by atoms with Crippen molar-refractivity contribution in [3.63, 3.8) is 0 Å². The highest BCUT2D eigenvalue weighted by molar-refractivity contribution is 6.31. The third-order valence-corrected chi connectivity index (χ3v) is 3.92. The molecule has 2 rings (SSSR count). The van der Waals surface area contributed by atoms with E-state index in [1.54, 1.807) is 37.7 Å². The van der Waals surface area contributed by atoms with Gasteiger partial charge in [0, 0.05) is 24.8 Å². The molecule has 0 aliphatic carbocycles. The lowest BCUT2D eigenvalue weighted by Gasteiger charge is -2.19. The molecule has 6 heteroatoms. The topological polar surface area (TPSA) is 54.5 Å². The minimum atomic E-state index is -0.256. The Labute approximate surface area is 147 Å². The number of nitrogens with zero attached hydrogens (tertiary/aromatic N) is 2. The van der Waals surface area contributed by atoms with Crippen LogP contribution in [-0.4, -0.2) is 31.6 Å². The number of unbranched alkanes of at least 4 members (excludes halogenated alkanes) is 1. The van der Waals surface area contributed by atoms with Crippen molar-refractivity contribution >= 4 is 28.9 Å². The predicted octanol–water partition coefficient (Wildman–Crippen LogP) is 4.23. The molecule has 0 fully saturated rings. The quantitative estimate of drug-likeness (QED) is 0.814. The molecule has 1 aromatic heterocycles. The van der Waals surface area contributed by atoms with E-state index in [-0.39, 0.29) is 5.91 Å². The monoisotopic (exact) mass is 347 g/mol. The van der Waals surface area contributed by atoms with Gasteiger partial charge in [-0.25, -0.2) is 0 Å². The van der Waals surface area contributed by atoms with Gasteiger partial charge in [0.1, 0.15) is 5.75 Å². The van der Waals surface area contributed by atoms with E-state index < -0.39 is 0 Å². The first-order valence-electron chi connectivity index (χ1n) is 7.86. The predicted molar refractivity (Wildman–Crippen MR) is 98.4 cm³/mol. The lowest BCUT2D eigenvalue weighted by molar-refractivity contribution is 0.102. The van der Waals surface area contributed by atoms with Crippen molar-refractivity contribution in [2.75, 3.05) is 30.9 Å². The van der Waals surface area contributed by atoms with E-state index >= 15 is 0 Å². The van der Waals surface area contributed by atoms with Gasteiger partial charge in [-0.05, 0) is 30.7 Å². The van der Waals surface area contributed by atoms with E-state index in [0.717, 1.165) is 25.1 Å². The first-order chi connectivity index (χ1) is 11.5. The standard InChI is InChI=1S/C18H22ClN3O2/c1-4-5-8-22(2)15-9-13(11-20-12-15)18(23)21-16-10-14(19)6-7-17(16)24-3/h6-7,9-12H,4-5,8H2,1-3H3,(H,21,23). The SMILES string of the molecule is CCCCN(C)c1cncc(C(=O)Nc2cc(Cl)ccc2OC)c1. The molecule has 5 nitrogen and oxygen atoms in total. The van der Waals surface area contributed by atoms with Crippen molar-refractivity contribution in [1.82, 2.24) is 4.98 Å². The molecule has 0 aliphatic rings. The van der Waals surface area contributed by atoms with Crippen LogP contribution in [-0.2, 0) is 0 Å². The number of halogens is 1. The lowest BCUT2D eigenvalue weighted by atomic mass is 10.2. The molecule has 24 heavy (non-hydrogen) atoms. The number of rotatable bonds is 7. The summed E-state index contributed by atoms with van der Waals surface area (Å²) in [5.41, 5.74) is 1.92. The van der Waals surface area contributed by atoms with Gasteiger partial charge in [-0.1, -0.05) is 24.9 Å². The van der Waals surface area contributed by atoms with Crippen molar-refractivity contribution in [3.8, 4) is 5.75 Å². The van der Waals surface area contributed by atoms with Crippen LogP contribution in [0, 0.1) is 0 Å². The van der Waals surface area contributed by atoms with Gasteiger partial charge in [-0.3, -0.25) is 9.78 Å². The molecule has 0 bridgehead atoms. The van der Waals surface area contributed by atoms with Gasteiger partial charge >= 0.3 is 0 Å². The molecule has 0 aliphatic heterocycles. The summed E-state index contributed by atoms with van der Waals surface area (Å²) in [5, 5.41) is 3.35. The van der Waals surface area contributed by atoms with Gasteiger partial charge in [0.25, 0.3) is 5.91 Å². The number of ether oxygens (including phenoxy) is 1. The molecule has 128 valence electrons. The molecule has 1 heterocycles. The minimum absolute atomic E-state index is 0.256. The van der Waals surface area contributed by atoms with Crippen molar-refractivity contribution in [2.45, 2.75) is 19.8 Å². The van der Waals surface area contributed by atoms with Crippen LogP contribution in [0.25, 0.3) is 0 Å². The fourth-order valence-corrected chi connectivity index (χ4v) is 2.43. The van der Waals surface area contributed by atoms with E-state index in [9.17, 15) is 4.79 Å². The summed E-state index contributed by atoms with van der Waals surface area (Å²) in [4.78, 5) is 18.8. The molecule has 0 spiro atoms. The maximum Gasteiger partial charge on any atom is 0.257 e. The first kappa shape index (κ1) is 18.1. The van der Waals surface area contributed by atoms with Crippen LogP contribution in [0.5, 0.6) is 5.75 Å². The number of carbonyl (C=O) groups excluding carboxylic acids is 1. The number of hydrogen-bond donors (Lipinski definition) is 1. The second-order valence-electron chi connectivity index (χ2n) is 5.51.